The van der Waals surface area contributed by atoms with Crippen molar-refractivity contribution in [3.05, 3.63) is 0 Å². The van der Waals surface area contributed by atoms with E-state index in [9.17, 15) is 24.0 Å². The van der Waals surface area contributed by atoms with Crippen LogP contribution in [-0.4, -0.2) is 72.1 Å². The summed E-state index contributed by atoms with van der Waals surface area (Å²) >= 11 is 0. The van der Waals surface area contributed by atoms with Gasteiger partial charge in [-0.2, -0.15) is 0 Å². The fourth-order valence-corrected chi connectivity index (χ4v) is 10.6. The Morgan fingerprint density at radius 1 is 0.407 bits per heavy atom. The molecule has 11 nitrogen and oxygen atoms in total. The number of hydrogen-bond acceptors (Lipinski definition) is 11. The molecule has 4 rings (SSSR count). The van der Waals surface area contributed by atoms with E-state index in [4.69, 9.17) is 28.4 Å². The molecule has 4 saturated carbocycles. The van der Waals surface area contributed by atoms with Crippen LogP contribution in [0.3, 0.4) is 0 Å². The van der Waals surface area contributed by atoms with Crippen molar-refractivity contribution in [1.82, 2.24) is 0 Å². The number of hydrogen-bond donors (Lipinski definition) is 0. The van der Waals surface area contributed by atoms with Crippen molar-refractivity contribution in [2.75, 3.05) is 19.8 Å². The number of carbonyl (C=O) groups is 5. The first-order chi connectivity index (χ1) is 35.5. The number of rotatable bonds is 23. The van der Waals surface area contributed by atoms with Gasteiger partial charge in [-0.15, -0.1) is 0 Å². The topological polar surface area (TPSA) is 141 Å². The Kier molecular flexibility index (Phi) is 39.4. The molecule has 0 aromatic heterocycles. The van der Waals surface area contributed by atoms with Crippen molar-refractivity contribution in [2.45, 2.75) is 358 Å². The van der Waals surface area contributed by atoms with Gasteiger partial charge in [0.1, 0.15) is 29.0 Å². The third kappa shape index (κ3) is 27.1. The minimum absolute atomic E-state index is 0. The lowest BCUT2D eigenvalue weighted by atomic mass is 9.67. The van der Waals surface area contributed by atoms with Crippen LogP contribution in [0.2, 0.25) is 0 Å². The van der Waals surface area contributed by atoms with Crippen LogP contribution in [0.5, 0.6) is 0 Å². The van der Waals surface area contributed by atoms with Crippen molar-refractivity contribution < 1.29 is 52.4 Å². The summed E-state index contributed by atoms with van der Waals surface area (Å²) < 4.78 is 34.4. The fourth-order valence-electron chi connectivity index (χ4n) is 10.6. The molecule has 0 radical (unpaired) electrons. The molecule has 0 aliphatic heterocycles. The number of carbonyl (C=O) groups excluding carboxylic acids is 5. The van der Waals surface area contributed by atoms with E-state index in [0.29, 0.717) is 37.4 Å². The van der Waals surface area contributed by atoms with E-state index in [1.807, 2.05) is 90.0 Å². The number of ether oxygens (including phenoxy) is 6. The first-order valence-corrected chi connectivity index (χ1v) is 31.2. The molecule has 81 heavy (non-hydrogen) atoms. The Balaban J connectivity index is -0.000000489. The van der Waals surface area contributed by atoms with E-state index in [1.165, 1.54) is 96.3 Å². The van der Waals surface area contributed by atoms with Crippen LogP contribution in [0.15, 0.2) is 0 Å². The predicted octanol–water partition coefficient (Wildman–Crippen LogP) is 20.2. The third-order valence-corrected chi connectivity index (χ3v) is 19.3. The molecule has 4 aliphatic carbocycles. The lowest BCUT2D eigenvalue weighted by Gasteiger charge is -2.48. The van der Waals surface area contributed by atoms with Gasteiger partial charge in [0.15, 0.2) is 0 Å². The smallest absolute Gasteiger partial charge is 0.312 e. The second-order valence-electron chi connectivity index (χ2n) is 28.1. The first kappa shape index (κ1) is 84.8. The van der Waals surface area contributed by atoms with Crippen molar-refractivity contribution in [1.29, 1.82) is 0 Å². The maximum absolute atomic E-state index is 12.5. The minimum atomic E-state index is -0.520. The molecule has 4 aliphatic rings. The van der Waals surface area contributed by atoms with Crippen LogP contribution >= 0.6 is 0 Å². The molecule has 484 valence electrons. The molecule has 0 heterocycles. The molecule has 0 aromatic rings. The van der Waals surface area contributed by atoms with Gasteiger partial charge < -0.3 is 28.4 Å². The Morgan fingerprint density at radius 3 is 1.07 bits per heavy atom. The van der Waals surface area contributed by atoms with Gasteiger partial charge in [-0.05, 0) is 211 Å². The second kappa shape index (κ2) is 37.7. The molecule has 4 fully saturated rings. The Morgan fingerprint density at radius 2 is 0.728 bits per heavy atom. The van der Waals surface area contributed by atoms with Gasteiger partial charge in [0.25, 0.3) is 0 Å². The minimum Gasteiger partial charge on any atom is -0.465 e. The Bertz CT molecular complexity index is 1750. The van der Waals surface area contributed by atoms with Gasteiger partial charge in [-0.3, -0.25) is 24.0 Å². The van der Waals surface area contributed by atoms with Gasteiger partial charge >= 0.3 is 29.8 Å². The summed E-state index contributed by atoms with van der Waals surface area (Å²) in [6, 6.07) is 0. The summed E-state index contributed by atoms with van der Waals surface area (Å²) in [6.07, 6.45) is 26.8. The van der Waals surface area contributed by atoms with Crippen molar-refractivity contribution >= 4 is 29.8 Å². The molecule has 11 heteroatoms. The monoisotopic (exact) mass is 1160 g/mol. The summed E-state index contributed by atoms with van der Waals surface area (Å²) in [5.41, 5.74) is -3.18. The largest absolute Gasteiger partial charge is 0.465 e. The van der Waals surface area contributed by atoms with Gasteiger partial charge in [0.05, 0.1) is 34.7 Å². The maximum Gasteiger partial charge on any atom is 0.312 e. The zero-order valence-corrected chi connectivity index (χ0v) is 54.0. The summed E-state index contributed by atoms with van der Waals surface area (Å²) in [6.45, 7) is 43.6. The van der Waals surface area contributed by atoms with Crippen molar-refractivity contribution in [3.8, 4) is 0 Å². The average molecular weight is 1160 g/mol. The highest BCUT2D eigenvalue weighted by atomic mass is 16.6. The molecular formula is C70H138O11. The van der Waals surface area contributed by atoms with Crippen LogP contribution in [-0.2, 0) is 52.4 Å². The van der Waals surface area contributed by atoms with Crippen molar-refractivity contribution in [3.63, 3.8) is 0 Å². The quantitative estimate of drug-likeness (QED) is 0.0713. The van der Waals surface area contributed by atoms with E-state index in [1.54, 1.807) is 0 Å². The zero-order valence-electron chi connectivity index (χ0n) is 54.0. The van der Waals surface area contributed by atoms with E-state index < -0.39 is 11.0 Å². The van der Waals surface area contributed by atoms with Crippen LogP contribution in [0, 0.1) is 44.8 Å². The van der Waals surface area contributed by atoms with Gasteiger partial charge in [0.2, 0.25) is 0 Å². The summed E-state index contributed by atoms with van der Waals surface area (Å²) in [7, 11) is 0. The fraction of sp³-hybridized carbons (Fsp3) is 0.929. The molecule has 0 N–H and O–H groups in total. The highest BCUT2D eigenvalue weighted by molar-refractivity contribution is 5.78. The van der Waals surface area contributed by atoms with Crippen molar-refractivity contribution in [2.24, 2.45) is 44.8 Å². The lowest BCUT2D eigenvalue weighted by Crippen LogP contribution is -2.52. The van der Waals surface area contributed by atoms with Gasteiger partial charge in [-0.1, -0.05) is 136 Å². The molecule has 0 saturated heterocycles. The third-order valence-electron chi connectivity index (χ3n) is 19.3. The van der Waals surface area contributed by atoms with Gasteiger partial charge in [0, 0.05) is 12.0 Å². The molecule has 0 amide bonds. The van der Waals surface area contributed by atoms with E-state index in [2.05, 4.69) is 55.4 Å². The summed E-state index contributed by atoms with van der Waals surface area (Å²) in [4.78, 5) is 61.0. The van der Waals surface area contributed by atoms with Crippen LogP contribution < -0.4 is 0 Å². The zero-order chi connectivity index (χ0) is 59.2. The van der Waals surface area contributed by atoms with Crippen LogP contribution in [0.1, 0.15) is 336 Å². The molecule has 0 spiro atoms. The average Bonchev–Trinajstić information content (AvgIpc) is 3.96. The Labute approximate surface area is 502 Å². The van der Waals surface area contributed by atoms with Crippen LogP contribution in [0.4, 0.5) is 0 Å². The predicted molar refractivity (Wildman–Crippen MR) is 341 cm³/mol. The standard InChI is InChI=1S/C21H38O5.C16H30O2.C15H28O2.C14H26O2.4CH4/c1-7-19(3,4)18(23)25-15-12-17(22)26-21(13-10-9-11-14-21)20(5,6)16-24-8-2;1-6-15(3,4)14(17)18-16(5,7-2)13-11-9-8-10-12-13;1-6-14(2,3)13(16)17-15(4,5)12-10-8-7-9-11-12;1-6-13(2,3)12(15)16-14(4,5)11-9-7-8-10-11;;;;/h7-16H2,1-6H3;13H,6-12H2,1-5H3;12H,6-11H2,1-5H3;11H,6-10H2,1-5H3;4*1H4. The SMILES string of the molecule is C.C.C.C.CCC(C)(C)C(=O)OC(C)(C)C1CCCC1.CCC(C)(C)C(=O)OC(C)(C)C1CCCCC1.CCC(C)(C)C(=O)OC(C)(CC)C1CCCCC1.CCOCC(C)(C)C1(OC(=O)CCOC(=O)C(C)(C)CC)CCCCC1. The molecule has 1 atom stereocenters. The van der Waals surface area contributed by atoms with Crippen LogP contribution in [0.25, 0.3) is 0 Å². The highest BCUT2D eigenvalue weighted by Crippen LogP contribution is 2.46. The van der Waals surface area contributed by atoms with E-state index in [0.717, 1.165) is 51.4 Å². The Hall–Kier alpha value is -2.69. The second-order valence-corrected chi connectivity index (χ2v) is 28.1. The van der Waals surface area contributed by atoms with Gasteiger partial charge in [-0.25, -0.2) is 0 Å². The normalized spacial score (nSPS) is 18.1. The molecule has 0 aromatic carbocycles. The summed E-state index contributed by atoms with van der Waals surface area (Å²) in [5, 5.41) is 0. The first-order valence-electron chi connectivity index (χ1n) is 31.2. The molecule has 0 bridgehead atoms. The molecule has 1 unspecified atom stereocenters. The maximum atomic E-state index is 12.5. The highest BCUT2D eigenvalue weighted by Gasteiger charge is 2.49. The lowest BCUT2D eigenvalue weighted by molar-refractivity contribution is -0.189. The molecular weight excluding hydrogens is 1020 g/mol. The number of esters is 5. The van der Waals surface area contributed by atoms with E-state index >= 15 is 0 Å². The summed E-state index contributed by atoms with van der Waals surface area (Å²) in [5.74, 6) is 0.947. The van der Waals surface area contributed by atoms with E-state index in [-0.39, 0.29) is 111 Å².